The summed E-state index contributed by atoms with van der Waals surface area (Å²) in [5.41, 5.74) is 0. The van der Waals surface area contributed by atoms with Gasteiger partial charge < -0.3 is 5.11 Å². The topological polar surface area (TPSA) is 37.3 Å². The summed E-state index contributed by atoms with van der Waals surface area (Å²) in [5.74, 6) is -3.59. The van der Waals surface area contributed by atoms with E-state index in [0.717, 1.165) is 6.92 Å². The van der Waals surface area contributed by atoms with Crippen molar-refractivity contribution in [1.29, 1.82) is 0 Å². The van der Waals surface area contributed by atoms with Crippen molar-refractivity contribution < 1.29 is 23.1 Å². The Bertz CT molecular complexity index is 177. The van der Waals surface area contributed by atoms with E-state index in [1.807, 2.05) is 0 Å². The number of hydrogen-bond donors (Lipinski definition) is 1. The number of halogens is 3. The normalized spacial score (nSPS) is 16.7. The zero-order valence-electron chi connectivity index (χ0n) is 7.56. The number of carbonyl (C=O) groups is 1. The van der Waals surface area contributed by atoms with Crippen LogP contribution < -0.4 is 0 Å². The van der Waals surface area contributed by atoms with Gasteiger partial charge in [-0.1, -0.05) is 13.8 Å². The van der Waals surface area contributed by atoms with E-state index in [1.54, 1.807) is 6.92 Å². The Morgan fingerprint density at radius 2 is 1.92 bits per heavy atom. The van der Waals surface area contributed by atoms with Crippen molar-refractivity contribution in [1.82, 2.24) is 0 Å². The van der Waals surface area contributed by atoms with Crippen molar-refractivity contribution in [2.24, 2.45) is 11.8 Å². The molecule has 0 rings (SSSR count). The SMILES string of the molecule is CCC(CC(C)C(F)(F)F)C(=O)O. The second-order valence-electron chi connectivity index (χ2n) is 3.12. The molecule has 0 aliphatic carbocycles. The van der Waals surface area contributed by atoms with Crippen LogP contribution in [0.4, 0.5) is 13.2 Å². The maximum atomic E-state index is 12.0. The van der Waals surface area contributed by atoms with Crippen LogP contribution in [0.15, 0.2) is 0 Å². The number of hydrogen-bond acceptors (Lipinski definition) is 1. The van der Waals surface area contributed by atoms with Crippen molar-refractivity contribution >= 4 is 5.97 Å². The Balaban J connectivity index is 4.17. The molecule has 0 heterocycles. The van der Waals surface area contributed by atoms with Gasteiger partial charge in [0.05, 0.1) is 11.8 Å². The molecule has 0 bridgehead atoms. The van der Waals surface area contributed by atoms with Crippen molar-refractivity contribution in [3.63, 3.8) is 0 Å². The third-order valence-electron chi connectivity index (χ3n) is 2.04. The maximum Gasteiger partial charge on any atom is 0.391 e. The molecule has 2 unspecified atom stereocenters. The van der Waals surface area contributed by atoms with E-state index < -0.39 is 24.0 Å². The summed E-state index contributed by atoms with van der Waals surface area (Å²) in [6, 6.07) is 0. The number of alkyl halides is 3. The van der Waals surface area contributed by atoms with Crippen molar-refractivity contribution in [2.45, 2.75) is 32.9 Å². The van der Waals surface area contributed by atoms with Crippen LogP contribution in [-0.2, 0) is 4.79 Å². The van der Waals surface area contributed by atoms with Crippen molar-refractivity contribution in [3.05, 3.63) is 0 Å². The number of aliphatic carboxylic acids is 1. The molecule has 0 aromatic carbocycles. The minimum atomic E-state index is -4.29. The van der Waals surface area contributed by atoms with Crippen LogP contribution >= 0.6 is 0 Å². The molecule has 0 aliphatic rings. The zero-order chi connectivity index (χ0) is 10.6. The molecule has 0 fully saturated rings. The van der Waals surface area contributed by atoms with E-state index in [1.165, 1.54) is 0 Å². The Kier molecular flexibility index (Phi) is 4.23. The summed E-state index contributed by atoms with van der Waals surface area (Å²) in [6.45, 7) is 2.58. The lowest BCUT2D eigenvalue weighted by Crippen LogP contribution is -2.25. The highest BCUT2D eigenvalue weighted by Crippen LogP contribution is 2.31. The minimum absolute atomic E-state index is 0.232. The second-order valence-corrected chi connectivity index (χ2v) is 3.12. The molecule has 0 amide bonds. The van der Waals surface area contributed by atoms with Gasteiger partial charge in [0.15, 0.2) is 0 Å². The lowest BCUT2D eigenvalue weighted by atomic mass is 9.93. The van der Waals surface area contributed by atoms with Crippen LogP contribution in [0, 0.1) is 11.8 Å². The fourth-order valence-corrected chi connectivity index (χ4v) is 1.00. The van der Waals surface area contributed by atoms with Gasteiger partial charge in [0.1, 0.15) is 0 Å². The smallest absolute Gasteiger partial charge is 0.391 e. The third kappa shape index (κ3) is 4.15. The van der Waals surface area contributed by atoms with Crippen LogP contribution in [0.1, 0.15) is 26.7 Å². The van der Waals surface area contributed by atoms with E-state index in [4.69, 9.17) is 5.11 Å². The average Bonchev–Trinajstić information content (AvgIpc) is 1.96. The van der Waals surface area contributed by atoms with Gasteiger partial charge >= 0.3 is 12.1 Å². The van der Waals surface area contributed by atoms with Crippen LogP contribution in [0.2, 0.25) is 0 Å². The summed E-state index contributed by atoms with van der Waals surface area (Å²) in [5, 5.41) is 8.52. The standard InChI is InChI=1S/C8H13F3O2/c1-3-6(7(12)13)4-5(2)8(9,10)11/h5-6H,3-4H2,1-2H3,(H,12,13). The van der Waals surface area contributed by atoms with Gasteiger partial charge in [-0.05, 0) is 12.8 Å². The molecule has 0 aliphatic heterocycles. The lowest BCUT2D eigenvalue weighted by Gasteiger charge is -2.18. The zero-order valence-corrected chi connectivity index (χ0v) is 7.56. The first-order chi connectivity index (χ1) is 5.79. The van der Waals surface area contributed by atoms with Crippen molar-refractivity contribution in [3.8, 4) is 0 Å². The molecule has 2 nitrogen and oxygen atoms in total. The molecule has 5 heteroatoms. The first-order valence-electron chi connectivity index (χ1n) is 4.08. The molecule has 1 N–H and O–H groups in total. The molecular formula is C8H13F3O2. The third-order valence-corrected chi connectivity index (χ3v) is 2.04. The molecule has 2 atom stereocenters. The molecule has 0 aromatic heterocycles. The van der Waals surface area contributed by atoms with Gasteiger partial charge in [-0.2, -0.15) is 13.2 Å². The number of carboxylic acids is 1. The highest BCUT2D eigenvalue weighted by molar-refractivity contribution is 5.69. The first-order valence-corrected chi connectivity index (χ1v) is 4.08. The van der Waals surface area contributed by atoms with Crippen molar-refractivity contribution in [2.75, 3.05) is 0 Å². The predicted octanol–water partition coefficient (Wildman–Crippen LogP) is 2.69. The van der Waals surface area contributed by atoms with Gasteiger partial charge in [0.2, 0.25) is 0 Å². The average molecular weight is 198 g/mol. The Morgan fingerprint density at radius 1 is 1.46 bits per heavy atom. The monoisotopic (exact) mass is 198 g/mol. The molecule has 0 spiro atoms. The van der Waals surface area contributed by atoms with E-state index in [9.17, 15) is 18.0 Å². The highest BCUT2D eigenvalue weighted by Gasteiger charge is 2.38. The molecule has 78 valence electrons. The summed E-state index contributed by atoms with van der Waals surface area (Å²) in [6.07, 6.45) is -4.39. The van der Waals surface area contributed by atoms with Crippen LogP contribution in [0.25, 0.3) is 0 Å². The summed E-state index contributed by atoms with van der Waals surface area (Å²) >= 11 is 0. The highest BCUT2D eigenvalue weighted by atomic mass is 19.4. The fourth-order valence-electron chi connectivity index (χ4n) is 1.00. The van der Waals surface area contributed by atoms with Gasteiger partial charge in [0.25, 0.3) is 0 Å². The maximum absolute atomic E-state index is 12.0. The predicted molar refractivity (Wildman–Crippen MR) is 41.3 cm³/mol. The summed E-state index contributed by atoms with van der Waals surface area (Å²) in [7, 11) is 0. The quantitative estimate of drug-likeness (QED) is 0.754. The number of rotatable bonds is 4. The van der Waals surface area contributed by atoms with Gasteiger partial charge in [0, 0.05) is 0 Å². The summed E-state index contributed by atoms with van der Waals surface area (Å²) in [4.78, 5) is 10.4. The largest absolute Gasteiger partial charge is 0.481 e. The Morgan fingerprint density at radius 3 is 2.15 bits per heavy atom. The van der Waals surface area contributed by atoms with Crippen LogP contribution in [0.3, 0.4) is 0 Å². The molecule has 0 aromatic rings. The van der Waals surface area contributed by atoms with E-state index in [0.29, 0.717) is 0 Å². The van der Waals surface area contributed by atoms with E-state index in [-0.39, 0.29) is 12.8 Å². The first kappa shape index (κ1) is 12.3. The van der Waals surface area contributed by atoms with Gasteiger partial charge in [-0.15, -0.1) is 0 Å². The number of carboxylic acid groups (broad SMARTS) is 1. The lowest BCUT2D eigenvalue weighted by molar-refractivity contribution is -0.176. The van der Waals surface area contributed by atoms with Gasteiger partial charge in [-0.3, -0.25) is 4.79 Å². The molecule has 0 saturated heterocycles. The molecule has 13 heavy (non-hydrogen) atoms. The van der Waals surface area contributed by atoms with Crippen LogP contribution in [0.5, 0.6) is 0 Å². The van der Waals surface area contributed by atoms with E-state index >= 15 is 0 Å². The van der Waals surface area contributed by atoms with Gasteiger partial charge in [-0.25, -0.2) is 0 Å². The fraction of sp³-hybridized carbons (Fsp3) is 0.875. The second kappa shape index (κ2) is 4.48. The molecular weight excluding hydrogens is 185 g/mol. The minimum Gasteiger partial charge on any atom is -0.481 e. The molecule has 0 radical (unpaired) electrons. The van der Waals surface area contributed by atoms with E-state index in [2.05, 4.69) is 0 Å². The van der Waals surface area contributed by atoms with Crippen LogP contribution in [-0.4, -0.2) is 17.3 Å². The molecule has 0 saturated carbocycles. The summed E-state index contributed by atoms with van der Waals surface area (Å²) < 4.78 is 36.0. The Hall–Kier alpha value is -0.740. The Labute approximate surface area is 74.7 Å².